The Bertz CT molecular complexity index is 1050. The highest BCUT2D eigenvalue weighted by molar-refractivity contribution is 7.14. The van der Waals surface area contributed by atoms with Gasteiger partial charge in [0.25, 0.3) is 0 Å². The van der Waals surface area contributed by atoms with E-state index in [0.29, 0.717) is 21.4 Å². The van der Waals surface area contributed by atoms with Crippen molar-refractivity contribution in [2.24, 2.45) is 0 Å². The summed E-state index contributed by atoms with van der Waals surface area (Å²) in [5.74, 6) is -0.848. The lowest BCUT2D eigenvalue weighted by molar-refractivity contribution is -0.159. The summed E-state index contributed by atoms with van der Waals surface area (Å²) in [6, 6.07) is 11.9. The van der Waals surface area contributed by atoms with E-state index in [4.69, 9.17) is 4.42 Å². The molecule has 2 heterocycles. The van der Waals surface area contributed by atoms with Crippen molar-refractivity contribution in [3.8, 4) is 0 Å². The highest BCUT2D eigenvalue weighted by Gasteiger charge is 2.32. The standard InChI is InChI=1S/C21H18F3N3O3S/c1-15(28)27(17-6-3-2-4-7-17)20-25-16(13-31-20)9-10-19(29)26(14-21(22,23)24)12-18-8-5-11-30-18/h2-11,13H,12,14H2,1H3/b10-9+. The van der Waals surface area contributed by atoms with Crippen molar-refractivity contribution in [3.05, 3.63) is 71.6 Å². The number of carbonyl (C=O) groups is 2. The van der Waals surface area contributed by atoms with Gasteiger partial charge in [0.05, 0.1) is 24.2 Å². The predicted molar refractivity (Wildman–Crippen MR) is 111 cm³/mol. The number of furan rings is 1. The molecule has 6 nitrogen and oxygen atoms in total. The van der Waals surface area contributed by atoms with Crippen LogP contribution in [0.25, 0.3) is 6.08 Å². The number of thiazole rings is 1. The summed E-state index contributed by atoms with van der Waals surface area (Å²) in [6.07, 6.45) is -0.890. The lowest BCUT2D eigenvalue weighted by Crippen LogP contribution is -2.37. The van der Waals surface area contributed by atoms with Crippen molar-refractivity contribution in [3.63, 3.8) is 0 Å². The van der Waals surface area contributed by atoms with Crippen LogP contribution < -0.4 is 4.90 Å². The van der Waals surface area contributed by atoms with Crippen molar-refractivity contribution in [1.82, 2.24) is 9.88 Å². The molecular weight excluding hydrogens is 431 g/mol. The van der Waals surface area contributed by atoms with Crippen LogP contribution in [-0.2, 0) is 16.1 Å². The quantitative estimate of drug-likeness (QED) is 0.475. The van der Waals surface area contributed by atoms with Crippen molar-refractivity contribution in [2.75, 3.05) is 11.4 Å². The second kappa shape index (κ2) is 9.61. The molecule has 162 valence electrons. The molecule has 0 bridgehead atoms. The molecule has 0 spiro atoms. The average molecular weight is 449 g/mol. The van der Waals surface area contributed by atoms with Gasteiger partial charge in [-0.15, -0.1) is 11.3 Å². The first-order chi connectivity index (χ1) is 14.7. The summed E-state index contributed by atoms with van der Waals surface area (Å²) in [7, 11) is 0. The fourth-order valence-corrected chi connectivity index (χ4v) is 3.60. The van der Waals surface area contributed by atoms with Gasteiger partial charge in [-0.2, -0.15) is 13.2 Å². The van der Waals surface area contributed by atoms with E-state index in [2.05, 4.69) is 4.98 Å². The average Bonchev–Trinajstić information content (AvgIpc) is 3.37. The van der Waals surface area contributed by atoms with Gasteiger partial charge in [0.2, 0.25) is 11.8 Å². The molecule has 10 heteroatoms. The Balaban J connectivity index is 1.76. The Hall–Kier alpha value is -3.40. The number of rotatable bonds is 7. The maximum absolute atomic E-state index is 12.9. The molecule has 1 aromatic carbocycles. The Morgan fingerprint density at radius 3 is 2.52 bits per heavy atom. The molecule has 0 saturated carbocycles. The molecule has 0 aliphatic carbocycles. The van der Waals surface area contributed by atoms with Crippen LogP contribution in [0.15, 0.2) is 64.6 Å². The van der Waals surface area contributed by atoms with Gasteiger partial charge in [0, 0.05) is 18.4 Å². The summed E-state index contributed by atoms with van der Waals surface area (Å²) in [5, 5.41) is 1.99. The molecule has 0 radical (unpaired) electrons. The van der Waals surface area contributed by atoms with Crippen LogP contribution in [0.4, 0.5) is 24.0 Å². The molecule has 0 atom stereocenters. The van der Waals surface area contributed by atoms with Gasteiger partial charge in [-0.05, 0) is 30.3 Å². The molecule has 0 aliphatic rings. The molecule has 0 fully saturated rings. The van der Waals surface area contributed by atoms with E-state index in [0.717, 1.165) is 6.08 Å². The zero-order chi connectivity index (χ0) is 22.4. The van der Waals surface area contributed by atoms with Crippen LogP contribution in [0.2, 0.25) is 0 Å². The van der Waals surface area contributed by atoms with Crippen LogP contribution in [0.1, 0.15) is 18.4 Å². The monoisotopic (exact) mass is 449 g/mol. The van der Waals surface area contributed by atoms with Crippen LogP contribution in [0.3, 0.4) is 0 Å². The zero-order valence-corrected chi connectivity index (χ0v) is 17.2. The maximum Gasteiger partial charge on any atom is 0.406 e. The molecule has 2 aromatic heterocycles. The third-order valence-corrected chi connectivity index (χ3v) is 4.88. The van der Waals surface area contributed by atoms with Crippen LogP contribution >= 0.6 is 11.3 Å². The number of hydrogen-bond donors (Lipinski definition) is 0. The molecule has 31 heavy (non-hydrogen) atoms. The minimum absolute atomic E-state index is 0.238. The summed E-state index contributed by atoms with van der Waals surface area (Å²) in [5.41, 5.74) is 0.978. The van der Waals surface area contributed by atoms with E-state index in [1.54, 1.807) is 29.6 Å². The molecule has 0 aliphatic heterocycles. The van der Waals surface area contributed by atoms with E-state index >= 15 is 0 Å². The first kappa shape index (κ1) is 22.3. The maximum atomic E-state index is 12.9. The highest BCUT2D eigenvalue weighted by Crippen LogP contribution is 2.29. The topological polar surface area (TPSA) is 66.7 Å². The fourth-order valence-electron chi connectivity index (χ4n) is 2.74. The molecule has 0 saturated heterocycles. The van der Waals surface area contributed by atoms with E-state index in [9.17, 15) is 22.8 Å². The number of anilines is 2. The lowest BCUT2D eigenvalue weighted by Gasteiger charge is -2.21. The first-order valence-electron chi connectivity index (χ1n) is 9.10. The van der Waals surface area contributed by atoms with Crippen molar-refractivity contribution in [1.29, 1.82) is 0 Å². The summed E-state index contributed by atoms with van der Waals surface area (Å²) < 4.78 is 43.7. The van der Waals surface area contributed by atoms with Gasteiger partial charge in [0.1, 0.15) is 12.3 Å². The van der Waals surface area contributed by atoms with Crippen molar-refractivity contribution in [2.45, 2.75) is 19.6 Å². The Kier molecular flexibility index (Phi) is 6.91. The molecular formula is C21H18F3N3O3S. The van der Waals surface area contributed by atoms with Crippen LogP contribution in [0.5, 0.6) is 0 Å². The number of amides is 2. The second-order valence-corrected chi connectivity index (χ2v) is 7.30. The minimum atomic E-state index is -4.55. The smallest absolute Gasteiger partial charge is 0.406 e. The number of hydrogen-bond acceptors (Lipinski definition) is 5. The van der Waals surface area contributed by atoms with Gasteiger partial charge in [-0.25, -0.2) is 4.98 Å². The van der Waals surface area contributed by atoms with Crippen molar-refractivity contribution < 1.29 is 27.2 Å². The minimum Gasteiger partial charge on any atom is -0.467 e. The number of carbonyl (C=O) groups excluding carboxylic acids is 2. The van der Waals surface area contributed by atoms with Crippen molar-refractivity contribution >= 4 is 40.0 Å². The molecule has 3 aromatic rings. The second-order valence-electron chi connectivity index (χ2n) is 6.47. The van der Waals surface area contributed by atoms with E-state index in [1.807, 2.05) is 6.07 Å². The summed E-state index contributed by atoms with van der Waals surface area (Å²) in [6.45, 7) is -0.327. The number of aromatic nitrogens is 1. The third-order valence-electron chi connectivity index (χ3n) is 4.04. The largest absolute Gasteiger partial charge is 0.467 e. The fraction of sp³-hybridized carbons (Fsp3) is 0.190. The first-order valence-corrected chi connectivity index (χ1v) is 9.98. The Labute approximate surface area is 180 Å². The van der Waals surface area contributed by atoms with Gasteiger partial charge in [-0.3, -0.25) is 14.5 Å². The van der Waals surface area contributed by atoms with E-state index in [-0.39, 0.29) is 18.2 Å². The van der Waals surface area contributed by atoms with E-state index in [1.165, 1.54) is 47.6 Å². The highest BCUT2D eigenvalue weighted by atomic mass is 32.1. The van der Waals surface area contributed by atoms with Crippen LogP contribution in [-0.4, -0.2) is 34.4 Å². The van der Waals surface area contributed by atoms with Gasteiger partial charge >= 0.3 is 6.18 Å². The number of para-hydroxylation sites is 1. The third kappa shape index (κ3) is 6.29. The Morgan fingerprint density at radius 1 is 1.16 bits per heavy atom. The SMILES string of the molecule is CC(=O)N(c1ccccc1)c1nc(/C=C/C(=O)N(Cc2ccco2)CC(F)(F)F)cs1. The zero-order valence-electron chi connectivity index (χ0n) is 16.4. The van der Waals surface area contributed by atoms with Gasteiger partial charge in [0.15, 0.2) is 5.13 Å². The molecule has 2 amide bonds. The number of benzene rings is 1. The molecule has 3 rings (SSSR count). The summed E-state index contributed by atoms with van der Waals surface area (Å²) in [4.78, 5) is 30.9. The molecule has 0 N–H and O–H groups in total. The Morgan fingerprint density at radius 2 is 1.90 bits per heavy atom. The number of nitrogens with zero attached hydrogens (tertiary/aromatic N) is 3. The van der Waals surface area contributed by atoms with Gasteiger partial charge < -0.3 is 9.32 Å². The number of alkyl halides is 3. The normalized spacial score (nSPS) is 11.6. The number of halogens is 3. The lowest BCUT2D eigenvalue weighted by atomic mass is 10.3. The van der Waals surface area contributed by atoms with Crippen LogP contribution in [0, 0.1) is 0 Å². The summed E-state index contributed by atoms with van der Waals surface area (Å²) >= 11 is 1.18. The van der Waals surface area contributed by atoms with Gasteiger partial charge in [-0.1, -0.05) is 18.2 Å². The predicted octanol–water partition coefficient (Wildman–Crippen LogP) is 5.03. The molecule has 0 unspecified atom stereocenters. The van der Waals surface area contributed by atoms with E-state index < -0.39 is 18.6 Å².